The summed E-state index contributed by atoms with van der Waals surface area (Å²) >= 11 is 5.67. The molecule has 7 heteroatoms. The molecular formula is C14H19ClO6. The molecule has 3 heterocycles. The first-order valence-electron chi connectivity index (χ1n) is 6.93. The molecule has 0 aromatic carbocycles. The Morgan fingerprint density at radius 3 is 2.43 bits per heavy atom. The SMILES string of the molecule is C=C[C@@H]1O[C@H]2[C@H](O1)[C@@H](OCCCl)O[C@H]1CO[C@H](C=C)O[C@H]21. The summed E-state index contributed by atoms with van der Waals surface area (Å²) in [5, 5.41) is 0. The van der Waals surface area contributed by atoms with Crippen LogP contribution in [0.15, 0.2) is 25.3 Å². The average Bonchev–Trinajstić information content (AvgIpc) is 2.97. The van der Waals surface area contributed by atoms with Crippen LogP contribution in [0.1, 0.15) is 0 Å². The van der Waals surface area contributed by atoms with Gasteiger partial charge in [-0.25, -0.2) is 0 Å². The number of hydrogen-bond acceptors (Lipinski definition) is 6. The van der Waals surface area contributed by atoms with Gasteiger partial charge in [0.25, 0.3) is 0 Å². The van der Waals surface area contributed by atoms with Gasteiger partial charge >= 0.3 is 0 Å². The Balaban J connectivity index is 1.76. The summed E-state index contributed by atoms with van der Waals surface area (Å²) in [4.78, 5) is 0. The molecule has 0 amide bonds. The van der Waals surface area contributed by atoms with E-state index in [4.69, 9.17) is 40.0 Å². The van der Waals surface area contributed by atoms with Crippen LogP contribution in [0.2, 0.25) is 0 Å². The van der Waals surface area contributed by atoms with Gasteiger partial charge in [0.1, 0.15) is 24.4 Å². The van der Waals surface area contributed by atoms with Gasteiger partial charge in [-0.3, -0.25) is 0 Å². The first kappa shape index (κ1) is 15.4. The van der Waals surface area contributed by atoms with Crippen LogP contribution in [-0.2, 0) is 28.4 Å². The fourth-order valence-electron chi connectivity index (χ4n) is 2.73. The van der Waals surface area contributed by atoms with Crippen molar-refractivity contribution >= 4 is 11.6 Å². The predicted molar refractivity (Wildman–Crippen MR) is 73.9 cm³/mol. The minimum Gasteiger partial charge on any atom is -0.349 e. The topological polar surface area (TPSA) is 55.4 Å². The van der Waals surface area contributed by atoms with Crippen molar-refractivity contribution in [2.45, 2.75) is 43.3 Å². The van der Waals surface area contributed by atoms with E-state index in [2.05, 4.69) is 13.2 Å². The molecule has 21 heavy (non-hydrogen) atoms. The Morgan fingerprint density at radius 1 is 1.00 bits per heavy atom. The number of rotatable bonds is 5. The second-order valence-corrected chi connectivity index (χ2v) is 5.32. The third kappa shape index (κ3) is 3.03. The highest BCUT2D eigenvalue weighted by Gasteiger charge is 2.55. The number of ether oxygens (including phenoxy) is 6. The van der Waals surface area contributed by atoms with Crippen molar-refractivity contribution in [2.24, 2.45) is 0 Å². The van der Waals surface area contributed by atoms with Crippen LogP contribution in [-0.4, -0.2) is 62.4 Å². The minimum absolute atomic E-state index is 0.282. The van der Waals surface area contributed by atoms with Crippen LogP contribution in [0.4, 0.5) is 0 Å². The third-order valence-electron chi connectivity index (χ3n) is 3.63. The molecule has 3 saturated heterocycles. The van der Waals surface area contributed by atoms with Crippen LogP contribution in [0.5, 0.6) is 0 Å². The number of hydrogen-bond donors (Lipinski definition) is 0. The van der Waals surface area contributed by atoms with E-state index < -0.39 is 18.9 Å². The zero-order valence-corrected chi connectivity index (χ0v) is 12.3. The summed E-state index contributed by atoms with van der Waals surface area (Å²) in [6.07, 6.45) is 0.382. The maximum absolute atomic E-state index is 5.89. The second kappa shape index (κ2) is 6.75. The van der Waals surface area contributed by atoms with E-state index in [0.717, 1.165) is 0 Å². The smallest absolute Gasteiger partial charge is 0.187 e. The molecule has 7 atom stereocenters. The largest absolute Gasteiger partial charge is 0.349 e. The molecule has 0 aromatic rings. The van der Waals surface area contributed by atoms with Crippen LogP contribution < -0.4 is 0 Å². The van der Waals surface area contributed by atoms with Crippen LogP contribution >= 0.6 is 11.6 Å². The van der Waals surface area contributed by atoms with E-state index in [1.165, 1.54) is 0 Å². The zero-order valence-electron chi connectivity index (χ0n) is 11.6. The van der Waals surface area contributed by atoms with Gasteiger partial charge < -0.3 is 28.4 Å². The summed E-state index contributed by atoms with van der Waals surface area (Å²) in [7, 11) is 0. The van der Waals surface area contributed by atoms with Crippen molar-refractivity contribution in [3.8, 4) is 0 Å². The molecule has 6 nitrogen and oxygen atoms in total. The first-order chi connectivity index (χ1) is 10.3. The molecule has 3 fully saturated rings. The van der Waals surface area contributed by atoms with Crippen LogP contribution in [0, 0.1) is 0 Å². The van der Waals surface area contributed by atoms with Gasteiger partial charge in [-0.05, 0) is 12.2 Å². The van der Waals surface area contributed by atoms with Gasteiger partial charge in [-0.2, -0.15) is 0 Å². The third-order valence-corrected chi connectivity index (χ3v) is 3.79. The maximum atomic E-state index is 5.89. The lowest BCUT2D eigenvalue weighted by Crippen LogP contribution is -2.62. The van der Waals surface area contributed by atoms with E-state index in [1.807, 2.05) is 0 Å². The van der Waals surface area contributed by atoms with Gasteiger partial charge in [-0.1, -0.05) is 13.2 Å². The number of halogens is 1. The van der Waals surface area contributed by atoms with Gasteiger partial charge in [0, 0.05) is 5.88 Å². The van der Waals surface area contributed by atoms with Gasteiger partial charge in [0.15, 0.2) is 18.9 Å². The van der Waals surface area contributed by atoms with Crippen molar-refractivity contribution in [1.29, 1.82) is 0 Å². The molecule has 3 aliphatic rings. The Kier molecular flexibility index (Phi) is 4.96. The fraction of sp³-hybridized carbons (Fsp3) is 0.714. The molecule has 0 aliphatic carbocycles. The zero-order chi connectivity index (χ0) is 14.8. The Bertz CT molecular complexity index is 392. The van der Waals surface area contributed by atoms with Crippen molar-refractivity contribution in [2.75, 3.05) is 19.1 Å². The first-order valence-corrected chi connectivity index (χ1v) is 7.46. The van der Waals surface area contributed by atoms with Crippen molar-refractivity contribution in [3.05, 3.63) is 25.3 Å². The highest BCUT2D eigenvalue weighted by molar-refractivity contribution is 6.17. The lowest BCUT2D eigenvalue weighted by Gasteiger charge is -2.45. The molecule has 0 spiro atoms. The molecule has 3 aliphatic heterocycles. The van der Waals surface area contributed by atoms with Gasteiger partial charge in [-0.15, -0.1) is 11.6 Å². The van der Waals surface area contributed by atoms with E-state index >= 15 is 0 Å². The maximum Gasteiger partial charge on any atom is 0.187 e. The average molecular weight is 319 g/mol. The van der Waals surface area contributed by atoms with E-state index in [1.54, 1.807) is 12.2 Å². The summed E-state index contributed by atoms with van der Waals surface area (Å²) in [6.45, 7) is 8.11. The summed E-state index contributed by atoms with van der Waals surface area (Å²) < 4.78 is 34.4. The van der Waals surface area contributed by atoms with E-state index in [-0.39, 0.29) is 24.4 Å². The highest BCUT2D eigenvalue weighted by atomic mass is 35.5. The summed E-state index contributed by atoms with van der Waals surface area (Å²) in [6, 6.07) is 0. The Morgan fingerprint density at radius 2 is 1.71 bits per heavy atom. The minimum atomic E-state index is -0.563. The standard InChI is InChI=1S/C14H19ClO6/c1-3-9-17-7-8-11(19-9)12-13(21-10(4-2)20-12)14(18-8)16-6-5-15/h3-4,8-14H,1-2,5-7H2/t8-,9-,10+,11-,12+,13-,14-/m0/s1. The quantitative estimate of drug-likeness (QED) is 0.561. The van der Waals surface area contributed by atoms with Crippen LogP contribution in [0.25, 0.3) is 0 Å². The molecule has 0 unspecified atom stereocenters. The molecule has 3 rings (SSSR count). The molecule has 0 bridgehead atoms. The number of alkyl halides is 1. The van der Waals surface area contributed by atoms with Crippen molar-refractivity contribution in [3.63, 3.8) is 0 Å². The van der Waals surface area contributed by atoms with E-state index in [9.17, 15) is 0 Å². The molecule has 0 saturated carbocycles. The molecule has 0 radical (unpaired) electrons. The normalized spacial score (nSPS) is 45.7. The second-order valence-electron chi connectivity index (χ2n) is 4.95. The van der Waals surface area contributed by atoms with Crippen LogP contribution in [0.3, 0.4) is 0 Å². The molecule has 0 aromatic heterocycles. The summed E-state index contributed by atoms with van der Waals surface area (Å²) in [5.41, 5.74) is 0. The van der Waals surface area contributed by atoms with Gasteiger partial charge in [0.05, 0.1) is 13.2 Å². The lowest BCUT2D eigenvalue weighted by molar-refractivity contribution is -0.334. The van der Waals surface area contributed by atoms with E-state index in [0.29, 0.717) is 19.1 Å². The van der Waals surface area contributed by atoms with Crippen molar-refractivity contribution < 1.29 is 28.4 Å². The Hall–Kier alpha value is -0.470. The number of fused-ring (bicyclic) bond motifs is 3. The molecule has 0 N–H and O–H groups in total. The molecule has 118 valence electrons. The van der Waals surface area contributed by atoms with Crippen molar-refractivity contribution in [1.82, 2.24) is 0 Å². The van der Waals surface area contributed by atoms with Gasteiger partial charge in [0.2, 0.25) is 0 Å². The summed E-state index contributed by atoms with van der Waals surface area (Å²) in [5.74, 6) is 0.378. The monoisotopic (exact) mass is 318 g/mol. The predicted octanol–water partition coefficient (Wildman–Crippen LogP) is 1.19. The fourth-order valence-corrected chi connectivity index (χ4v) is 2.82. The Labute approximate surface area is 128 Å². The highest BCUT2D eigenvalue weighted by Crippen LogP contribution is 2.37. The lowest BCUT2D eigenvalue weighted by atomic mass is 9.98. The molecular weight excluding hydrogens is 300 g/mol.